The number of hydrogen-bond acceptors (Lipinski definition) is 3. The van der Waals surface area contributed by atoms with Crippen LogP contribution in [0.1, 0.15) is 18.4 Å². The van der Waals surface area contributed by atoms with E-state index in [2.05, 4.69) is 71.4 Å². The van der Waals surface area contributed by atoms with Gasteiger partial charge in [-0.1, -0.05) is 48.5 Å². The largest absolute Gasteiger partial charge is 0.395 e. The van der Waals surface area contributed by atoms with E-state index in [0.29, 0.717) is 6.04 Å². The summed E-state index contributed by atoms with van der Waals surface area (Å²) < 4.78 is 0. The van der Waals surface area contributed by atoms with Crippen LogP contribution < -0.4 is 0 Å². The lowest BCUT2D eigenvalue weighted by Gasteiger charge is -2.37. The Kier molecular flexibility index (Phi) is 6.02. The van der Waals surface area contributed by atoms with E-state index in [9.17, 15) is 5.11 Å². The summed E-state index contributed by atoms with van der Waals surface area (Å²) >= 11 is 0. The summed E-state index contributed by atoms with van der Waals surface area (Å²) in [6.45, 7) is 4.19. The maximum Gasteiger partial charge on any atom is 0.0558 e. The molecular weight excluding hydrogens is 296 g/mol. The summed E-state index contributed by atoms with van der Waals surface area (Å²) in [6.07, 6.45) is 2.38. The molecule has 0 unspecified atom stereocenters. The fraction of sp³-hybridized carbons (Fsp3) is 0.429. The van der Waals surface area contributed by atoms with Crippen LogP contribution in [-0.4, -0.2) is 54.2 Å². The van der Waals surface area contributed by atoms with Crippen molar-refractivity contribution in [3.05, 3.63) is 60.2 Å². The molecule has 1 aliphatic rings. The van der Waals surface area contributed by atoms with Crippen molar-refractivity contribution in [2.75, 3.05) is 33.3 Å². The minimum atomic E-state index is 0.227. The number of hydrogen-bond donors (Lipinski definition) is 1. The van der Waals surface area contributed by atoms with Crippen molar-refractivity contribution in [1.82, 2.24) is 9.80 Å². The van der Waals surface area contributed by atoms with Crippen LogP contribution >= 0.6 is 0 Å². The van der Waals surface area contributed by atoms with Crippen LogP contribution in [0.15, 0.2) is 54.6 Å². The molecule has 1 saturated heterocycles. The first kappa shape index (κ1) is 17.2. The van der Waals surface area contributed by atoms with Gasteiger partial charge < -0.3 is 10.0 Å². The van der Waals surface area contributed by atoms with Crippen molar-refractivity contribution < 1.29 is 5.11 Å². The van der Waals surface area contributed by atoms with E-state index < -0.39 is 0 Å². The van der Waals surface area contributed by atoms with E-state index in [-0.39, 0.29) is 6.61 Å². The monoisotopic (exact) mass is 324 g/mol. The molecule has 0 aromatic heterocycles. The number of aliphatic hydroxyl groups excluding tert-OH is 1. The Labute approximate surface area is 145 Å². The fourth-order valence-electron chi connectivity index (χ4n) is 3.59. The lowest BCUT2D eigenvalue weighted by atomic mass is 10.0. The molecule has 0 saturated carbocycles. The number of nitrogens with zero attached hydrogens (tertiary/aromatic N) is 2. The van der Waals surface area contributed by atoms with Crippen molar-refractivity contribution in [3.8, 4) is 11.1 Å². The standard InChI is InChI=1S/C21H28N2O/c1-22-12-10-21(11-13-22)23(14-15-24)17-18-6-5-9-20(16-18)19-7-3-2-4-8-19/h2-9,16,21,24H,10-15,17H2,1H3. The smallest absolute Gasteiger partial charge is 0.0558 e. The molecule has 1 fully saturated rings. The molecule has 0 amide bonds. The SMILES string of the molecule is CN1CCC(N(CCO)Cc2cccc(-c3ccccc3)c2)CC1. The molecule has 2 aromatic carbocycles. The molecule has 1 aliphatic heterocycles. The normalized spacial score (nSPS) is 16.6. The second kappa shape index (κ2) is 8.43. The Morgan fingerprint density at radius 1 is 1.00 bits per heavy atom. The highest BCUT2D eigenvalue weighted by Gasteiger charge is 2.22. The maximum absolute atomic E-state index is 9.48. The summed E-state index contributed by atoms with van der Waals surface area (Å²) in [4.78, 5) is 4.85. The zero-order chi connectivity index (χ0) is 16.8. The molecular formula is C21H28N2O. The Bertz CT molecular complexity index is 621. The van der Waals surface area contributed by atoms with Crippen LogP contribution in [0.3, 0.4) is 0 Å². The van der Waals surface area contributed by atoms with Gasteiger partial charge in [0.2, 0.25) is 0 Å². The van der Waals surface area contributed by atoms with Gasteiger partial charge in [0.15, 0.2) is 0 Å². The van der Waals surface area contributed by atoms with Gasteiger partial charge >= 0.3 is 0 Å². The molecule has 0 spiro atoms. The quantitative estimate of drug-likeness (QED) is 0.884. The van der Waals surface area contributed by atoms with Crippen molar-refractivity contribution in [2.24, 2.45) is 0 Å². The molecule has 128 valence electrons. The zero-order valence-electron chi connectivity index (χ0n) is 14.6. The van der Waals surface area contributed by atoms with Gasteiger partial charge in [0.05, 0.1) is 6.61 Å². The highest BCUT2D eigenvalue weighted by atomic mass is 16.3. The van der Waals surface area contributed by atoms with Crippen LogP contribution in [-0.2, 0) is 6.54 Å². The van der Waals surface area contributed by atoms with Crippen molar-refractivity contribution in [1.29, 1.82) is 0 Å². The second-order valence-electron chi connectivity index (χ2n) is 6.79. The lowest BCUT2D eigenvalue weighted by Crippen LogP contribution is -2.44. The Hall–Kier alpha value is -1.68. The molecule has 3 heteroatoms. The number of likely N-dealkylation sites (tertiary alicyclic amines) is 1. The van der Waals surface area contributed by atoms with Gasteiger partial charge in [0.25, 0.3) is 0 Å². The average Bonchev–Trinajstić information content (AvgIpc) is 2.63. The van der Waals surface area contributed by atoms with E-state index >= 15 is 0 Å². The predicted octanol–water partition coefficient (Wildman–Crippen LogP) is 3.24. The van der Waals surface area contributed by atoms with Gasteiger partial charge in [-0.15, -0.1) is 0 Å². The predicted molar refractivity (Wildman–Crippen MR) is 99.9 cm³/mol. The summed E-state index contributed by atoms with van der Waals surface area (Å²) in [7, 11) is 2.19. The Morgan fingerprint density at radius 2 is 1.71 bits per heavy atom. The van der Waals surface area contributed by atoms with Crippen LogP contribution in [0.4, 0.5) is 0 Å². The van der Waals surface area contributed by atoms with Crippen LogP contribution in [0.2, 0.25) is 0 Å². The highest BCUT2D eigenvalue weighted by Crippen LogP contribution is 2.23. The molecule has 0 atom stereocenters. The first-order chi connectivity index (χ1) is 11.8. The summed E-state index contributed by atoms with van der Waals surface area (Å²) in [5.74, 6) is 0. The van der Waals surface area contributed by atoms with Gasteiger partial charge in [-0.3, -0.25) is 4.90 Å². The highest BCUT2D eigenvalue weighted by molar-refractivity contribution is 5.63. The molecule has 0 aliphatic carbocycles. The van der Waals surface area contributed by atoms with Crippen molar-refractivity contribution in [2.45, 2.75) is 25.4 Å². The Balaban J connectivity index is 1.73. The van der Waals surface area contributed by atoms with E-state index in [1.54, 1.807) is 0 Å². The lowest BCUT2D eigenvalue weighted by molar-refractivity contribution is 0.0941. The van der Waals surface area contributed by atoms with Crippen LogP contribution in [0.25, 0.3) is 11.1 Å². The van der Waals surface area contributed by atoms with E-state index in [1.807, 2.05) is 0 Å². The third kappa shape index (κ3) is 4.44. The third-order valence-electron chi connectivity index (χ3n) is 5.01. The van der Waals surface area contributed by atoms with E-state index in [1.165, 1.54) is 29.5 Å². The third-order valence-corrected chi connectivity index (χ3v) is 5.01. The summed E-state index contributed by atoms with van der Waals surface area (Å²) in [6, 6.07) is 19.9. The minimum Gasteiger partial charge on any atom is -0.395 e. The van der Waals surface area contributed by atoms with Crippen molar-refractivity contribution >= 4 is 0 Å². The molecule has 2 aromatic rings. The molecule has 3 nitrogen and oxygen atoms in total. The van der Waals surface area contributed by atoms with Gasteiger partial charge in [0.1, 0.15) is 0 Å². The van der Waals surface area contributed by atoms with Gasteiger partial charge in [0, 0.05) is 19.1 Å². The summed E-state index contributed by atoms with van der Waals surface area (Å²) in [5.41, 5.74) is 3.84. The topological polar surface area (TPSA) is 26.7 Å². The fourth-order valence-corrected chi connectivity index (χ4v) is 3.59. The number of rotatable bonds is 6. The van der Waals surface area contributed by atoms with Crippen LogP contribution in [0.5, 0.6) is 0 Å². The molecule has 1 heterocycles. The minimum absolute atomic E-state index is 0.227. The number of aliphatic hydroxyl groups is 1. The maximum atomic E-state index is 9.48. The number of piperidine rings is 1. The molecule has 0 radical (unpaired) electrons. The van der Waals surface area contributed by atoms with Gasteiger partial charge in [-0.05, 0) is 55.7 Å². The van der Waals surface area contributed by atoms with Gasteiger partial charge in [-0.25, -0.2) is 0 Å². The molecule has 3 rings (SSSR count). The average molecular weight is 324 g/mol. The first-order valence-corrected chi connectivity index (χ1v) is 8.94. The molecule has 0 bridgehead atoms. The van der Waals surface area contributed by atoms with Gasteiger partial charge in [-0.2, -0.15) is 0 Å². The Morgan fingerprint density at radius 3 is 2.42 bits per heavy atom. The van der Waals surface area contributed by atoms with Crippen molar-refractivity contribution in [3.63, 3.8) is 0 Å². The van der Waals surface area contributed by atoms with Crippen LogP contribution in [0, 0.1) is 0 Å². The first-order valence-electron chi connectivity index (χ1n) is 8.94. The molecule has 24 heavy (non-hydrogen) atoms. The molecule has 1 N–H and O–H groups in total. The summed E-state index contributed by atoms with van der Waals surface area (Å²) in [5, 5.41) is 9.48. The van der Waals surface area contributed by atoms with E-state index in [0.717, 1.165) is 26.2 Å². The second-order valence-corrected chi connectivity index (χ2v) is 6.79. The zero-order valence-corrected chi connectivity index (χ0v) is 14.6. The van der Waals surface area contributed by atoms with E-state index in [4.69, 9.17) is 0 Å². The number of benzene rings is 2.